The van der Waals surface area contributed by atoms with Gasteiger partial charge >= 0.3 is 11.9 Å². The van der Waals surface area contributed by atoms with E-state index in [2.05, 4.69) is 20.5 Å². The van der Waals surface area contributed by atoms with E-state index in [9.17, 15) is 29.4 Å². The Morgan fingerprint density at radius 3 is 1.79 bits per heavy atom. The van der Waals surface area contributed by atoms with Crippen LogP contribution >= 0.6 is 27.0 Å². The molecule has 6 aromatic rings. The Morgan fingerprint density at radius 2 is 1.24 bits per heavy atom. The van der Waals surface area contributed by atoms with Crippen LogP contribution in [-0.2, 0) is 19.5 Å². The Labute approximate surface area is 345 Å². The molecule has 6 heterocycles. The Balaban J connectivity index is 0.00000283. The third-order valence-corrected chi connectivity index (χ3v) is 10.1. The molecule has 0 fully saturated rings. The highest BCUT2D eigenvalue weighted by atomic mass is 32.1. The number of imidazole rings is 2. The number of carboxylic acid groups (broad SMARTS) is 2. The third-order valence-electron chi connectivity index (χ3n) is 10.1. The first-order valence-electron chi connectivity index (χ1n) is 18.3. The van der Waals surface area contributed by atoms with E-state index in [1.54, 1.807) is 21.5 Å². The summed E-state index contributed by atoms with van der Waals surface area (Å²) < 4.78 is 19.3. The van der Waals surface area contributed by atoms with E-state index in [0.29, 0.717) is 82.4 Å². The fraction of sp³-hybridized carbons (Fsp3) is 0.333. The molecule has 17 nitrogen and oxygen atoms in total. The number of aryl methyl sites for hydroxylation is 4. The second kappa shape index (κ2) is 16.4. The van der Waals surface area contributed by atoms with E-state index >= 15 is 0 Å². The summed E-state index contributed by atoms with van der Waals surface area (Å²) in [4.78, 5) is 60.4. The summed E-state index contributed by atoms with van der Waals surface area (Å²) in [5, 5.41) is 31.2. The lowest BCUT2D eigenvalue weighted by Crippen LogP contribution is -2.26. The lowest BCUT2D eigenvalue weighted by atomic mass is 10.1. The van der Waals surface area contributed by atoms with Crippen molar-refractivity contribution in [2.24, 2.45) is 0 Å². The number of allylic oxidation sites excluding steroid dienone is 2. The molecule has 0 saturated carbocycles. The lowest BCUT2D eigenvalue weighted by molar-refractivity contribution is 0.0685. The molecule has 4 aromatic heterocycles. The van der Waals surface area contributed by atoms with Crippen LogP contribution < -0.4 is 14.8 Å². The number of nitrogens with zero attached hydrogens (tertiary/aromatic N) is 8. The van der Waals surface area contributed by atoms with Crippen LogP contribution in [0, 0.1) is 13.8 Å². The second-order valence-corrected chi connectivity index (χ2v) is 13.9. The number of rotatable bonds is 13. The summed E-state index contributed by atoms with van der Waals surface area (Å²) in [6.07, 6.45) is 4.96. The Hall–Kier alpha value is -6.08. The van der Waals surface area contributed by atoms with Crippen molar-refractivity contribution in [2.45, 2.75) is 72.1 Å². The lowest BCUT2D eigenvalue weighted by Gasteiger charge is -2.27. The van der Waals surface area contributed by atoms with Crippen molar-refractivity contribution in [2.75, 3.05) is 18.5 Å². The first-order valence-corrected chi connectivity index (χ1v) is 18.3. The maximum absolute atomic E-state index is 13.6. The summed E-state index contributed by atoms with van der Waals surface area (Å²) >= 11 is 0. The number of amides is 1. The van der Waals surface area contributed by atoms with Gasteiger partial charge in [-0.2, -0.15) is 37.2 Å². The van der Waals surface area contributed by atoms with Crippen LogP contribution in [0.1, 0.15) is 97.7 Å². The SMILES string of the molecule is CCn1nc(C)cc1C(=O)Cc1nc2cc(C(=O)O)cc3c2n1[C@@H](C/C=C\C[C@H]1COc2cc(C(=O)O)cc4nc(NC(=O)c5cc(C)nn5CC)n1c24)CO3.S.S. The van der Waals surface area contributed by atoms with Gasteiger partial charge in [0.15, 0.2) is 5.78 Å². The zero-order valence-corrected chi connectivity index (χ0v) is 34.1. The number of carbonyl (C=O) groups excluding carboxylic acids is 2. The largest absolute Gasteiger partial charge is 0.489 e. The molecular formula is C39H43N9O8S2. The first kappa shape index (κ1) is 41.6. The third kappa shape index (κ3) is 7.42. The number of carbonyl (C=O) groups is 4. The van der Waals surface area contributed by atoms with Gasteiger partial charge in [0.25, 0.3) is 5.91 Å². The summed E-state index contributed by atoms with van der Waals surface area (Å²) in [5.74, 6) is -1.29. The van der Waals surface area contributed by atoms with Gasteiger partial charge in [-0.3, -0.25) is 28.8 Å². The number of nitrogens with one attached hydrogen (secondary N) is 1. The number of Topliss-reactive ketones (excluding diaryl/α,β-unsaturated/α-hetero) is 1. The molecule has 8 rings (SSSR count). The number of aromatic nitrogens is 8. The average Bonchev–Trinajstić information content (AvgIpc) is 3.95. The normalized spacial score (nSPS) is 15.4. The van der Waals surface area contributed by atoms with Crippen LogP contribution in [0.2, 0.25) is 0 Å². The molecular weight excluding hydrogens is 787 g/mol. The molecule has 2 aliphatic heterocycles. The highest BCUT2D eigenvalue weighted by Crippen LogP contribution is 2.40. The van der Waals surface area contributed by atoms with Gasteiger partial charge in [-0.1, -0.05) is 12.2 Å². The Morgan fingerprint density at radius 1 is 0.741 bits per heavy atom. The van der Waals surface area contributed by atoms with Crippen molar-refractivity contribution < 1.29 is 38.9 Å². The van der Waals surface area contributed by atoms with E-state index in [4.69, 9.17) is 14.5 Å². The first-order chi connectivity index (χ1) is 26.9. The quantitative estimate of drug-likeness (QED) is 0.0954. The number of anilines is 1. The van der Waals surface area contributed by atoms with Gasteiger partial charge in [0.2, 0.25) is 5.95 Å². The number of aromatic carboxylic acids is 2. The minimum atomic E-state index is -1.12. The van der Waals surface area contributed by atoms with E-state index in [-0.39, 0.29) is 81.6 Å². The van der Waals surface area contributed by atoms with E-state index < -0.39 is 17.8 Å². The maximum atomic E-state index is 13.6. The number of hydrogen-bond acceptors (Lipinski definition) is 10. The maximum Gasteiger partial charge on any atom is 0.335 e. The second-order valence-electron chi connectivity index (χ2n) is 13.9. The molecule has 3 N–H and O–H groups in total. The predicted molar refractivity (Wildman–Crippen MR) is 223 cm³/mol. The number of ketones is 1. The monoisotopic (exact) mass is 829 g/mol. The molecule has 0 aliphatic carbocycles. The number of benzene rings is 2. The topological polar surface area (TPSA) is 211 Å². The van der Waals surface area contributed by atoms with E-state index in [0.717, 1.165) is 5.69 Å². The molecule has 2 aromatic carbocycles. The van der Waals surface area contributed by atoms with Crippen LogP contribution in [0.3, 0.4) is 0 Å². The molecule has 2 aliphatic rings. The summed E-state index contributed by atoms with van der Waals surface area (Å²) in [7, 11) is 0. The molecule has 304 valence electrons. The zero-order chi connectivity index (χ0) is 39.4. The molecule has 0 radical (unpaired) electrons. The van der Waals surface area contributed by atoms with Crippen molar-refractivity contribution in [1.82, 2.24) is 38.7 Å². The van der Waals surface area contributed by atoms with Gasteiger partial charge in [-0.05, 0) is 76.9 Å². The summed E-state index contributed by atoms with van der Waals surface area (Å²) in [6, 6.07) is 8.77. The Bertz CT molecular complexity index is 2460. The molecule has 0 unspecified atom stereocenters. The van der Waals surface area contributed by atoms with Crippen LogP contribution in [0.25, 0.3) is 22.1 Å². The van der Waals surface area contributed by atoms with Crippen molar-refractivity contribution in [1.29, 1.82) is 0 Å². The zero-order valence-electron chi connectivity index (χ0n) is 32.1. The number of ether oxygens (including phenoxy) is 2. The van der Waals surface area contributed by atoms with Crippen LogP contribution in [0.15, 0.2) is 48.6 Å². The molecule has 0 saturated heterocycles. The molecule has 1 amide bonds. The molecule has 19 heteroatoms. The molecule has 58 heavy (non-hydrogen) atoms. The van der Waals surface area contributed by atoms with Crippen molar-refractivity contribution >= 4 is 78.6 Å². The predicted octanol–water partition coefficient (Wildman–Crippen LogP) is 5.64. The van der Waals surface area contributed by atoms with E-state index in [1.165, 1.54) is 24.3 Å². The smallest absolute Gasteiger partial charge is 0.335 e. The molecule has 0 spiro atoms. The highest BCUT2D eigenvalue weighted by Gasteiger charge is 2.31. The molecule has 2 atom stereocenters. The van der Waals surface area contributed by atoms with Gasteiger partial charge < -0.3 is 24.3 Å². The Kier molecular flexibility index (Phi) is 11.8. The number of hydrogen-bond donors (Lipinski definition) is 3. The fourth-order valence-electron chi connectivity index (χ4n) is 7.62. The molecule has 0 bridgehead atoms. The van der Waals surface area contributed by atoms with Gasteiger partial charge in [0, 0.05) is 13.1 Å². The highest BCUT2D eigenvalue weighted by molar-refractivity contribution is 7.59. The minimum Gasteiger partial charge on any atom is -0.489 e. The fourth-order valence-corrected chi connectivity index (χ4v) is 7.62. The minimum absolute atomic E-state index is 0. The van der Waals surface area contributed by atoms with Crippen molar-refractivity contribution in [3.05, 3.63) is 88.3 Å². The van der Waals surface area contributed by atoms with Gasteiger partial charge in [-0.25, -0.2) is 19.6 Å². The van der Waals surface area contributed by atoms with Gasteiger partial charge in [0.05, 0.1) is 52.1 Å². The van der Waals surface area contributed by atoms with Crippen LogP contribution in [0.5, 0.6) is 11.5 Å². The van der Waals surface area contributed by atoms with Crippen molar-refractivity contribution in [3.8, 4) is 11.5 Å². The van der Waals surface area contributed by atoms with Crippen molar-refractivity contribution in [3.63, 3.8) is 0 Å². The summed E-state index contributed by atoms with van der Waals surface area (Å²) in [5.41, 5.74) is 4.33. The summed E-state index contributed by atoms with van der Waals surface area (Å²) in [6.45, 7) is 8.88. The van der Waals surface area contributed by atoms with Crippen LogP contribution in [-0.4, -0.2) is 85.7 Å². The van der Waals surface area contributed by atoms with Gasteiger partial charge in [-0.15, -0.1) is 0 Å². The van der Waals surface area contributed by atoms with Crippen LogP contribution in [0.4, 0.5) is 5.95 Å². The standard InChI is InChI=1S/C39H39N9O8.2H2S/c1-5-45-28(11-20(3)43-45)30(49)17-33-40-26-13-22(37(51)52)15-31-34(26)47(33)24(18-55-31)9-7-8-10-25-19-56-32-16-23(38(53)54)14-27-35(32)48(25)39(41-27)42-36(50)29-12-21(4)44-46(29)6-2;;/h7-8,11-16,24-25H,5-6,9-10,17-19H2,1-4H3,(H,51,52)(H,53,54)(H,41,42,50);2*1H2/b8-7-;;/t24-,25-;;/m0../s1. The van der Waals surface area contributed by atoms with Gasteiger partial charge in [0.1, 0.15) is 53.0 Å². The van der Waals surface area contributed by atoms with E-state index in [1.807, 2.05) is 49.0 Å². The average molecular weight is 830 g/mol. The number of carboxylic acids is 2.